The first kappa shape index (κ1) is 45.5. The van der Waals surface area contributed by atoms with Gasteiger partial charge >= 0.3 is 0 Å². The van der Waals surface area contributed by atoms with Gasteiger partial charge in [-0.25, -0.2) is 0 Å². The second-order valence-electron chi connectivity index (χ2n) is 16.6. The second kappa shape index (κ2) is 20.6. The van der Waals surface area contributed by atoms with Crippen LogP contribution in [-0.2, 0) is 44.8 Å². The highest BCUT2D eigenvalue weighted by atomic mass is 16.3. The van der Waals surface area contributed by atoms with Gasteiger partial charge in [-0.1, -0.05) is 45.9 Å². The Morgan fingerprint density at radius 2 is 1.10 bits per heavy atom. The van der Waals surface area contributed by atoms with Crippen LogP contribution in [0.5, 0.6) is 0 Å². The first-order valence-corrected chi connectivity index (χ1v) is 20.8. The molecule has 9 N–H and O–H groups in total. The number of fused-ring (bicyclic) bond motifs is 3. The van der Waals surface area contributed by atoms with Gasteiger partial charge in [0.05, 0.1) is 19.8 Å². The highest BCUT2D eigenvalue weighted by molar-refractivity contribution is 5.99. The number of amides is 8. The van der Waals surface area contributed by atoms with Crippen molar-refractivity contribution in [1.82, 2.24) is 46.7 Å². The minimum Gasteiger partial charge on any atom is -0.394 e. The number of aliphatic hydroxyl groups is 2. The maximum absolute atomic E-state index is 14.4. The van der Waals surface area contributed by atoms with Crippen molar-refractivity contribution >= 4 is 58.2 Å². The SMILES string of the molecule is CC(C)CC1NC(=O)C(Cc2c[nH]c3ccccc23)NC(=O)C(CO)NC(=O)C(CO)NC(=O)CNC(=O)C2CCCN2C(=O)C(CC(C)C)NC(=O)C2CCCN2C1=O. The molecular formula is C41H59N9O10. The van der Waals surface area contributed by atoms with Gasteiger partial charge in [0.1, 0.15) is 42.3 Å². The zero-order valence-electron chi connectivity index (χ0n) is 34.6. The van der Waals surface area contributed by atoms with E-state index < -0.39 is 109 Å². The molecule has 1 aromatic carbocycles. The monoisotopic (exact) mass is 837 g/mol. The molecule has 1 aromatic heterocycles. The smallest absolute Gasteiger partial charge is 0.245 e. The fourth-order valence-corrected chi connectivity index (χ4v) is 8.13. The van der Waals surface area contributed by atoms with E-state index in [0.29, 0.717) is 31.2 Å². The van der Waals surface area contributed by atoms with Gasteiger partial charge in [0, 0.05) is 36.6 Å². The lowest BCUT2D eigenvalue weighted by atomic mass is 9.99. The van der Waals surface area contributed by atoms with E-state index >= 15 is 0 Å². The van der Waals surface area contributed by atoms with Gasteiger partial charge in [0.15, 0.2) is 0 Å². The first-order chi connectivity index (χ1) is 28.6. The number of carbonyl (C=O) groups excluding carboxylic acids is 8. The standard InChI is InChI=1S/C41H59N9O10/c1-22(2)15-28-40(59)50-14-8-12-33(50)39(58)47-29(16-23(3)4)41(60)49-13-7-11-32(49)38(57)43-19-34(53)44-30(20-51)36(55)48-31(21-52)37(56)45-27(35(54)46-28)17-24-18-42-26-10-6-5-9-25(24)26/h5-6,9-10,18,22-23,27-33,42,51-52H,7-8,11-17,19-21H2,1-4H3,(H,43,57)(H,44,53)(H,45,56)(H,46,54)(H,47,58)(H,48,55). The van der Waals surface area contributed by atoms with E-state index in [1.807, 2.05) is 52.0 Å². The maximum Gasteiger partial charge on any atom is 0.245 e. The van der Waals surface area contributed by atoms with Crippen LogP contribution in [0, 0.1) is 11.8 Å². The molecule has 8 amide bonds. The van der Waals surface area contributed by atoms with Crippen molar-refractivity contribution < 1.29 is 48.6 Å². The molecule has 2 aromatic rings. The minimum atomic E-state index is -1.64. The van der Waals surface area contributed by atoms with Crippen molar-refractivity contribution in [3.63, 3.8) is 0 Å². The molecule has 0 spiro atoms. The van der Waals surface area contributed by atoms with Gasteiger partial charge in [-0.05, 0) is 62.0 Å². The Bertz CT molecular complexity index is 1920. The molecule has 5 rings (SSSR count). The van der Waals surface area contributed by atoms with Gasteiger partial charge in [0.2, 0.25) is 47.3 Å². The molecule has 3 aliphatic heterocycles. The first-order valence-electron chi connectivity index (χ1n) is 20.8. The van der Waals surface area contributed by atoms with Gasteiger partial charge in [-0.15, -0.1) is 0 Å². The predicted octanol–water partition coefficient (Wildman–Crippen LogP) is -1.68. The van der Waals surface area contributed by atoms with E-state index in [1.54, 1.807) is 6.20 Å². The van der Waals surface area contributed by atoms with E-state index in [-0.39, 0.29) is 44.2 Å². The summed E-state index contributed by atoms with van der Waals surface area (Å²) in [6.07, 6.45) is 3.62. The third-order valence-corrected chi connectivity index (χ3v) is 11.1. The highest BCUT2D eigenvalue weighted by Gasteiger charge is 2.42. The summed E-state index contributed by atoms with van der Waals surface area (Å²) in [4.78, 5) is 116. The Labute approximate surface area is 348 Å². The lowest BCUT2D eigenvalue weighted by molar-refractivity contribution is -0.145. The molecule has 7 atom stereocenters. The number of carbonyl (C=O) groups is 8. The van der Waals surface area contributed by atoms with Crippen LogP contribution < -0.4 is 31.9 Å². The van der Waals surface area contributed by atoms with Crippen LogP contribution in [0.15, 0.2) is 30.5 Å². The molecule has 4 heterocycles. The third kappa shape index (κ3) is 11.2. The number of nitrogens with zero attached hydrogens (tertiary/aromatic N) is 2. The molecule has 7 unspecified atom stereocenters. The highest BCUT2D eigenvalue weighted by Crippen LogP contribution is 2.24. The average molecular weight is 838 g/mol. The van der Waals surface area contributed by atoms with E-state index in [9.17, 15) is 48.6 Å². The van der Waals surface area contributed by atoms with Gasteiger partial charge < -0.3 is 56.9 Å². The van der Waals surface area contributed by atoms with E-state index in [2.05, 4.69) is 36.9 Å². The Hall–Kier alpha value is -5.56. The van der Waals surface area contributed by atoms with Crippen molar-refractivity contribution in [2.45, 2.75) is 115 Å². The number of rotatable bonds is 8. The predicted molar refractivity (Wildman–Crippen MR) is 217 cm³/mol. The minimum absolute atomic E-state index is 0.0429. The molecule has 19 nitrogen and oxygen atoms in total. The number of aliphatic hydroxyl groups excluding tert-OH is 2. The molecule has 0 radical (unpaired) electrons. The second-order valence-corrected chi connectivity index (χ2v) is 16.6. The Morgan fingerprint density at radius 1 is 0.617 bits per heavy atom. The lowest BCUT2D eigenvalue weighted by Crippen LogP contribution is -2.61. The van der Waals surface area contributed by atoms with Crippen molar-refractivity contribution in [3.05, 3.63) is 36.0 Å². The molecule has 3 fully saturated rings. The number of benzene rings is 1. The summed E-state index contributed by atoms with van der Waals surface area (Å²) < 4.78 is 0. The van der Waals surface area contributed by atoms with Crippen LogP contribution >= 0.6 is 0 Å². The van der Waals surface area contributed by atoms with Crippen LogP contribution in [-0.4, -0.2) is 147 Å². The third-order valence-electron chi connectivity index (χ3n) is 11.1. The average Bonchev–Trinajstić information content (AvgIpc) is 4.00. The zero-order valence-corrected chi connectivity index (χ0v) is 34.6. The van der Waals surface area contributed by atoms with E-state index in [0.717, 1.165) is 10.9 Å². The number of aromatic amines is 1. The van der Waals surface area contributed by atoms with Crippen LogP contribution in [0.3, 0.4) is 0 Å². The molecule has 19 heteroatoms. The Morgan fingerprint density at radius 3 is 1.67 bits per heavy atom. The Balaban J connectivity index is 1.50. The number of para-hydroxylation sites is 1. The number of aromatic nitrogens is 1. The van der Waals surface area contributed by atoms with Crippen LogP contribution in [0.25, 0.3) is 10.9 Å². The molecule has 3 saturated heterocycles. The molecule has 0 aliphatic carbocycles. The quantitative estimate of drug-likeness (QED) is 0.146. The van der Waals surface area contributed by atoms with E-state index in [4.69, 9.17) is 0 Å². The molecular weight excluding hydrogens is 779 g/mol. The van der Waals surface area contributed by atoms with Gasteiger partial charge in [-0.3, -0.25) is 38.4 Å². The summed E-state index contributed by atoms with van der Waals surface area (Å²) in [5.74, 6) is -5.91. The maximum atomic E-state index is 14.4. The fourth-order valence-electron chi connectivity index (χ4n) is 8.13. The summed E-state index contributed by atoms with van der Waals surface area (Å²) in [6.45, 7) is 5.51. The summed E-state index contributed by atoms with van der Waals surface area (Å²) >= 11 is 0. The van der Waals surface area contributed by atoms with Crippen LogP contribution in [0.2, 0.25) is 0 Å². The summed E-state index contributed by atoms with van der Waals surface area (Å²) in [6, 6.07) is -1.34. The van der Waals surface area contributed by atoms with Gasteiger partial charge in [0.25, 0.3) is 0 Å². The van der Waals surface area contributed by atoms with Crippen LogP contribution in [0.4, 0.5) is 0 Å². The topological polar surface area (TPSA) is 271 Å². The molecule has 0 saturated carbocycles. The van der Waals surface area contributed by atoms with Crippen molar-refractivity contribution in [2.75, 3.05) is 32.8 Å². The van der Waals surface area contributed by atoms with E-state index in [1.165, 1.54) is 9.80 Å². The number of hydrogen-bond donors (Lipinski definition) is 9. The number of H-pyrrole nitrogens is 1. The summed E-state index contributed by atoms with van der Waals surface area (Å²) in [7, 11) is 0. The molecule has 3 aliphatic rings. The Kier molecular flexibility index (Phi) is 15.6. The summed E-state index contributed by atoms with van der Waals surface area (Å²) in [5.41, 5.74) is 1.41. The molecule has 328 valence electrons. The van der Waals surface area contributed by atoms with Gasteiger partial charge in [-0.2, -0.15) is 0 Å². The largest absolute Gasteiger partial charge is 0.394 e. The zero-order chi connectivity index (χ0) is 43.7. The molecule has 0 bridgehead atoms. The number of hydrogen-bond acceptors (Lipinski definition) is 10. The van der Waals surface area contributed by atoms with Crippen molar-refractivity contribution in [2.24, 2.45) is 11.8 Å². The number of nitrogens with one attached hydrogen (secondary N) is 7. The lowest BCUT2D eigenvalue weighted by Gasteiger charge is -2.33. The fraction of sp³-hybridized carbons (Fsp3) is 0.610. The summed E-state index contributed by atoms with van der Waals surface area (Å²) in [5, 5.41) is 36.4. The van der Waals surface area contributed by atoms with Crippen molar-refractivity contribution in [1.29, 1.82) is 0 Å². The molecule has 60 heavy (non-hydrogen) atoms. The van der Waals surface area contributed by atoms with Crippen LogP contribution in [0.1, 0.15) is 71.8 Å². The normalized spacial score (nSPS) is 27.2. The van der Waals surface area contributed by atoms with Crippen molar-refractivity contribution in [3.8, 4) is 0 Å².